The second-order valence-corrected chi connectivity index (χ2v) is 5.79. The van der Waals surface area contributed by atoms with Crippen molar-refractivity contribution >= 4 is 12.0 Å². The summed E-state index contributed by atoms with van der Waals surface area (Å²) in [5.41, 5.74) is -0.0898. The van der Waals surface area contributed by atoms with Gasteiger partial charge in [-0.1, -0.05) is 12.8 Å². The average molecular weight is 254 g/mol. The Hall–Kier alpha value is -1.26. The van der Waals surface area contributed by atoms with Crippen LogP contribution in [0.15, 0.2) is 0 Å². The fourth-order valence-electron chi connectivity index (χ4n) is 3.13. The number of carbonyl (C=O) groups is 2. The van der Waals surface area contributed by atoms with E-state index in [-0.39, 0.29) is 24.0 Å². The summed E-state index contributed by atoms with van der Waals surface area (Å²) >= 11 is 0. The van der Waals surface area contributed by atoms with E-state index in [0.717, 1.165) is 38.5 Å². The second kappa shape index (κ2) is 5.16. The molecule has 1 saturated carbocycles. The molecule has 5 nitrogen and oxygen atoms in total. The van der Waals surface area contributed by atoms with Crippen molar-refractivity contribution in [3.63, 3.8) is 0 Å². The van der Waals surface area contributed by atoms with Gasteiger partial charge in [0.1, 0.15) is 0 Å². The highest BCUT2D eigenvalue weighted by Crippen LogP contribution is 2.30. The molecule has 2 aliphatic rings. The standard InChI is InChI=1S/C13H22N2O3/c1-13(6-2-3-7-13)14-12(18)15-8-4-5-10(15)9-11(16)17/h10H,2-9H2,1H3,(H,14,18)(H,16,17). The number of amides is 2. The molecule has 5 heteroatoms. The van der Waals surface area contributed by atoms with Crippen LogP contribution in [0.2, 0.25) is 0 Å². The van der Waals surface area contributed by atoms with Crippen LogP contribution in [0.1, 0.15) is 51.9 Å². The molecule has 2 rings (SSSR count). The zero-order chi connectivity index (χ0) is 13.2. The van der Waals surface area contributed by atoms with Gasteiger partial charge >= 0.3 is 12.0 Å². The first-order valence-corrected chi connectivity index (χ1v) is 6.81. The van der Waals surface area contributed by atoms with E-state index in [2.05, 4.69) is 12.2 Å². The fourth-order valence-corrected chi connectivity index (χ4v) is 3.13. The molecule has 0 aromatic rings. The lowest BCUT2D eigenvalue weighted by Gasteiger charge is -2.31. The minimum atomic E-state index is -0.827. The lowest BCUT2D eigenvalue weighted by atomic mass is 10.0. The molecule has 2 fully saturated rings. The number of aliphatic carboxylic acids is 1. The molecule has 2 amide bonds. The van der Waals surface area contributed by atoms with E-state index in [1.165, 1.54) is 0 Å². The number of urea groups is 1. The van der Waals surface area contributed by atoms with E-state index in [1.807, 2.05) is 0 Å². The maximum Gasteiger partial charge on any atom is 0.318 e. The van der Waals surface area contributed by atoms with Gasteiger partial charge < -0.3 is 15.3 Å². The Morgan fingerprint density at radius 2 is 2.00 bits per heavy atom. The van der Waals surface area contributed by atoms with E-state index >= 15 is 0 Å². The Labute approximate surface area is 108 Å². The molecule has 2 N–H and O–H groups in total. The van der Waals surface area contributed by atoms with Gasteiger partial charge in [0.15, 0.2) is 0 Å². The monoisotopic (exact) mass is 254 g/mol. The minimum Gasteiger partial charge on any atom is -0.481 e. The molecule has 0 radical (unpaired) electrons. The van der Waals surface area contributed by atoms with Crippen molar-refractivity contribution in [1.29, 1.82) is 0 Å². The van der Waals surface area contributed by atoms with E-state index in [4.69, 9.17) is 5.11 Å². The molecule has 1 aliphatic carbocycles. The van der Waals surface area contributed by atoms with Crippen LogP contribution < -0.4 is 5.32 Å². The summed E-state index contributed by atoms with van der Waals surface area (Å²) in [6.07, 6.45) is 6.14. The highest BCUT2D eigenvalue weighted by atomic mass is 16.4. The molecule has 0 aromatic heterocycles. The summed E-state index contributed by atoms with van der Waals surface area (Å²) in [7, 11) is 0. The van der Waals surface area contributed by atoms with E-state index in [9.17, 15) is 9.59 Å². The first-order chi connectivity index (χ1) is 8.50. The summed E-state index contributed by atoms with van der Waals surface area (Å²) in [5.74, 6) is -0.827. The Bertz CT molecular complexity index is 337. The zero-order valence-electron chi connectivity index (χ0n) is 10.9. The van der Waals surface area contributed by atoms with E-state index < -0.39 is 5.97 Å². The Morgan fingerprint density at radius 1 is 1.33 bits per heavy atom. The van der Waals surface area contributed by atoms with Gasteiger partial charge in [0.05, 0.1) is 6.42 Å². The molecule has 0 bridgehead atoms. The number of rotatable bonds is 3. The minimum absolute atomic E-state index is 0.0597. The number of carboxylic acids is 1. The summed E-state index contributed by atoms with van der Waals surface area (Å²) < 4.78 is 0. The van der Waals surface area contributed by atoms with Crippen LogP contribution >= 0.6 is 0 Å². The quantitative estimate of drug-likeness (QED) is 0.809. The van der Waals surface area contributed by atoms with Gasteiger partial charge in [-0.3, -0.25) is 4.79 Å². The van der Waals surface area contributed by atoms with Crippen LogP contribution in [0.3, 0.4) is 0 Å². The number of nitrogens with one attached hydrogen (secondary N) is 1. The van der Waals surface area contributed by atoms with Gasteiger partial charge in [0.25, 0.3) is 0 Å². The van der Waals surface area contributed by atoms with Crippen LogP contribution in [0.5, 0.6) is 0 Å². The van der Waals surface area contributed by atoms with Crippen molar-refractivity contribution in [3.05, 3.63) is 0 Å². The van der Waals surface area contributed by atoms with Gasteiger partial charge in [0, 0.05) is 18.1 Å². The molecule has 102 valence electrons. The molecule has 18 heavy (non-hydrogen) atoms. The van der Waals surface area contributed by atoms with Crippen molar-refractivity contribution in [1.82, 2.24) is 10.2 Å². The summed E-state index contributed by atoms with van der Waals surface area (Å²) in [5, 5.41) is 11.9. The van der Waals surface area contributed by atoms with Crippen molar-refractivity contribution in [2.45, 2.75) is 63.5 Å². The normalized spacial score (nSPS) is 26.3. The lowest BCUT2D eigenvalue weighted by Crippen LogP contribution is -2.51. The Balaban J connectivity index is 1.93. The van der Waals surface area contributed by atoms with Crippen LogP contribution in [-0.4, -0.2) is 40.1 Å². The molecular formula is C13H22N2O3. The van der Waals surface area contributed by atoms with Crippen LogP contribution in [0.4, 0.5) is 4.79 Å². The van der Waals surface area contributed by atoms with Crippen LogP contribution in [0, 0.1) is 0 Å². The first-order valence-electron chi connectivity index (χ1n) is 6.81. The maximum absolute atomic E-state index is 12.2. The number of carbonyl (C=O) groups excluding carboxylic acids is 1. The highest BCUT2D eigenvalue weighted by Gasteiger charge is 2.35. The van der Waals surface area contributed by atoms with Crippen molar-refractivity contribution < 1.29 is 14.7 Å². The Kier molecular flexibility index (Phi) is 3.78. The number of hydrogen-bond donors (Lipinski definition) is 2. The zero-order valence-corrected chi connectivity index (χ0v) is 10.9. The molecule has 1 aliphatic heterocycles. The van der Waals surface area contributed by atoms with Gasteiger partial charge in [0.2, 0.25) is 0 Å². The first kappa shape index (κ1) is 13.2. The van der Waals surface area contributed by atoms with Gasteiger partial charge in [-0.15, -0.1) is 0 Å². The SMILES string of the molecule is CC1(NC(=O)N2CCCC2CC(=O)O)CCCC1. The summed E-state index contributed by atoms with van der Waals surface area (Å²) in [6, 6.07) is -0.212. The fraction of sp³-hybridized carbons (Fsp3) is 0.846. The second-order valence-electron chi connectivity index (χ2n) is 5.79. The predicted molar refractivity (Wildman–Crippen MR) is 67.4 cm³/mol. The van der Waals surface area contributed by atoms with Gasteiger partial charge in [-0.05, 0) is 32.6 Å². The van der Waals surface area contributed by atoms with Gasteiger partial charge in [-0.2, -0.15) is 0 Å². The van der Waals surface area contributed by atoms with Crippen molar-refractivity contribution in [3.8, 4) is 0 Å². The molecule has 1 saturated heterocycles. The number of hydrogen-bond acceptors (Lipinski definition) is 2. The van der Waals surface area contributed by atoms with E-state index in [0.29, 0.717) is 6.54 Å². The molecule has 1 atom stereocenters. The summed E-state index contributed by atoms with van der Waals surface area (Å²) in [6.45, 7) is 2.76. The molecule has 1 heterocycles. The smallest absolute Gasteiger partial charge is 0.318 e. The average Bonchev–Trinajstić information content (AvgIpc) is 2.86. The topological polar surface area (TPSA) is 69.6 Å². The maximum atomic E-state index is 12.2. The van der Waals surface area contributed by atoms with Crippen molar-refractivity contribution in [2.75, 3.05) is 6.54 Å². The molecule has 0 aromatic carbocycles. The Morgan fingerprint density at radius 3 is 2.61 bits per heavy atom. The van der Waals surface area contributed by atoms with E-state index in [1.54, 1.807) is 4.90 Å². The van der Waals surface area contributed by atoms with Crippen molar-refractivity contribution in [2.24, 2.45) is 0 Å². The molecule has 1 unspecified atom stereocenters. The largest absolute Gasteiger partial charge is 0.481 e. The molecular weight excluding hydrogens is 232 g/mol. The number of carboxylic acid groups (broad SMARTS) is 1. The van der Waals surface area contributed by atoms with Crippen LogP contribution in [-0.2, 0) is 4.79 Å². The van der Waals surface area contributed by atoms with Gasteiger partial charge in [-0.25, -0.2) is 4.79 Å². The predicted octanol–water partition coefficient (Wildman–Crippen LogP) is 1.97. The third-order valence-corrected chi connectivity index (χ3v) is 4.16. The lowest BCUT2D eigenvalue weighted by molar-refractivity contribution is -0.137. The number of nitrogens with zero attached hydrogens (tertiary/aromatic N) is 1. The third-order valence-electron chi connectivity index (χ3n) is 4.16. The number of likely N-dealkylation sites (tertiary alicyclic amines) is 1. The summed E-state index contributed by atoms with van der Waals surface area (Å²) in [4.78, 5) is 24.7. The third kappa shape index (κ3) is 2.94. The van der Waals surface area contributed by atoms with Crippen LogP contribution in [0.25, 0.3) is 0 Å². The highest BCUT2D eigenvalue weighted by molar-refractivity contribution is 5.77. The molecule has 0 spiro atoms.